The SMILES string of the molecule is Cn1ncc2c1NC(=O)CC2c1cn(-c2ccccc2)nc1-c1ccccc1. The molecule has 0 radical (unpaired) electrons. The molecule has 28 heavy (non-hydrogen) atoms. The number of rotatable bonds is 3. The number of nitrogens with one attached hydrogen (secondary N) is 1. The minimum atomic E-state index is -0.0925. The summed E-state index contributed by atoms with van der Waals surface area (Å²) in [5.74, 6) is 0.658. The van der Waals surface area contributed by atoms with Crippen LogP contribution in [0, 0.1) is 0 Å². The number of hydrogen-bond donors (Lipinski definition) is 1. The maximum atomic E-state index is 12.4. The Morgan fingerprint density at radius 2 is 1.71 bits per heavy atom. The maximum absolute atomic E-state index is 12.4. The van der Waals surface area contributed by atoms with Crippen LogP contribution in [0.1, 0.15) is 23.5 Å². The summed E-state index contributed by atoms with van der Waals surface area (Å²) >= 11 is 0. The largest absolute Gasteiger partial charge is 0.311 e. The summed E-state index contributed by atoms with van der Waals surface area (Å²) in [7, 11) is 1.84. The Balaban J connectivity index is 1.71. The highest BCUT2D eigenvalue weighted by atomic mass is 16.1. The van der Waals surface area contributed by atoms with Gasteiger partial charge in [0.1, 0.15) is 5.82 Å². The molecule has 4 aromatic rings. The van der Waals surface area contributed by atoms with Gasteiger partial charge in [0.25, 0.3) is 0 Å². The third-order valence-corrected chi connectivity index (χ3v) is 5.18. The van der Waals surface area contributed by atoms with E-state index in [1.807, 2.05) is 84.8 Å². The first-order valence-corrected chi connectivity index (χ1v) is 9.23. The fourth-order valence-electron chi connectivity index (χ4n) is 3.79. The molecule has 2 aromatic carbocycles. The van der Waals surface area contributed by atoms with Gasteiger partial charge in [0.05, 0.1) is 17.6 Å². The number of hydrogen-bond acceptors (Lipinski definition) is 3. The van der Waals surface area contributed by atoms with E-state index in [0.29, 0.717) is 6.42 Å². The molecule has 1 atom stereocenters. The highest BCUT2D eigenvalue weighted by molar-refractivity contribution is 5.94. The van der Waals surface area contributed by atoms with Crippen LogP contribution < -0.4 is 5.32 Å². The molecule has 2 aromatic heterocycles. The molecule has 0 fully saturated rings. The van der Waals surface area contributed by atoms with Gasteiger partial charge in [-0.3, -0.25) is 9.48 Å². The number of fused-ring (bicyclic) bond motifs is 1. The number of amides is 1. The molecule has 0 spiro atoms. The van der Waals surface area contributed by atoms with Crippen LogP contribution in [-0.2, 0) is 11.8 Å². The Kier molecular flexibility index (Phi) is 3.83. The number of carbonyl (C=O) groups excluding carboxylic acids is 1. The van der Waals surface area contributed by atoms with Crippen molar-refractivity contribution in [1.82, 2.24) is 19.6 Å². The molecule has 1 N–H and O–H groups in total. The Labute approximate surface area is 162 Å². The number of benzene rings is 2. The van der Waals surface area contributed by atoms with Gasteiger partial charge in [-0.25, -0.2) is 4.68 Å². The molecule has 0 saturated heterocycles. The first-order chi connectivity index (χ1) is 13.7. The number of para-hydroxylation sites is 1. The van der Waals surface area contributed by atoms with Crippen molar-refractivity contribution in [1.29, 1.82) is 0 Å². The number of anilines is 1. The van der Waals surface area contributed by atoms with Gasteiger partial charge in [-0.2, -0.15) is 10.2 Å². The van der Waals surface area contributed by atoms with Crippen LogP contribution in [0.15, 0.2) is 73.1 Å². The average molecular weight is 369 g/mol. The lowest BCUT2D eigenvalue weighted by Crippen LogP contribution is -2.24. The molecule has 5 rings (SSSR count). The predicted octanol–water partition coefficient (Wildman–Crippen LogP) is 3.75. The fourth-order valence-corrected chi connectivity index (χ4v) is 3.79. The van der Waals surface area contributed by atoms with Gasteiger partial charge in [0.2, 0.25) is 5.91 Å². The fraction of sp³-hybridized carbons (Fsp3) is 0.136. The molecule has 1 aliphatic rings. The smallest absolute Gasteiger partial charge is 0.226 e. The standard InChI is InChI=1S/C22H19N5O/c1-26-22-18(13-23-26)17(12-20(28)24-22)19-14-27(16-10-6-3-7-11-16)25-21(19)15-8-4-2-5-9-15/h2-11,13-14,17H,12H2,1H3,(H,24,28). The van der Waals surface area contributed by atoms with Crippen molar-refractivity contribution in [2.75, 3.05) is 5.32 Å². The molecule has 1 aliphatic heterocycles. The zero-order valence-corrected chi connectivity index (χ0v) is 15.4. The normalized spacial score (nSPS) is 15.9. The van der Waals surface area contributed by atoms with E-state index in [1.54, 1.807) is 4.68 Å². The Bertz CT molecular complexity index is 1140. The minimum Gasteiger partial charge on any atom is -0.311 e. The summed E-state index contributed by atoms with van der Waals surface area (Å²) in [5, 5.41) is 12.2. The van der Waals surface area contributed by atoms with E-state index in [-0.39, 0.29) is 11.8 Å². The summed E-state index contributed by atoms with van der Waals surface area (Å²) < 4.78 is 3.60. The number of nitrogens with zero attached hydrogens (tertiary/aromatic N) is 4. The van der Waals surface area contributed by atoms with Crippen LogP contribution in [-0.4, -0.2) is 25.5 Å². The summed E-state index contributed by atoms with van der Waals surface area (Å²) in [4.78, 5) is 12.4. The molecule has 0 saturated carbocycles. The zero-order valence-electron chi connectivity index (χ0n) is 15.4. The van der Waals surface area contributed by atoms with E-state index in [1.165, 1.54) is 0 Å². The summed E-state index contributed by atoms with van der Waals surface area (Å²) in [5.41, 5.74) is 4.95. The molecular weight excluding hydrogens is 350 g/mol. The Morgan fingerprint density at radius 3 is 2.46 bits per heavy atom. The van der Waals surface area contributed by atoms with E-state index in [0.717, 1.165) is 33.9 Å². The van der Waals surface area contributed by atoms with Crippen LogP contribution >= 0.6 is 0 Å². The van der Waals surface area contributed by atoms with Crippen LogP contribution in [0.25, 0.3) is 16.9 Å². The van der Waals surface area contributed by atoms with Gasteiger partial charge in [-0.15, -0.1) is 0 Å². The molecule has 1 unspecified atom stereocenters. The van der Waals surface area contributed by atoms with Crippen molar-refractivity contribution in [3.05, 3.63) is 84.2 Å². The second kappa shape index (κ2) is 6.49. The molecule has 0 bridgehead atoms. The van der Waals surface area contributed by atoms with Gasteiger partial charge in [-0.1, -0.05) is 48.5 Å². The van der Waals surface area contributed by atoms with Crippen LogP contribution in [0.2, 0.25) is 0 Å². The molecule has 6 heteroatoms. The molecule has 138 valence electrons. The summed E-state index contributed by atoms with van der Waals surface area (Å²) in [6.07, 6.45) is 4.25. The summed E-state index contributed by atoms with van der Waals surface area (Å²) in [6.45, 7) is 0. The van der Waals surface area contributed by atoms with Crippen molar-refractivity contribution < 1.29 is 4.79 Å². The molecule has 6 nitrogen and oxygen atoms in total. The Morgan fingerprint density at radius 1 is 1.00 bits per heavy atom. The van der Waals surface area contributed by atoms with E-state index in [4.69, 9.17) is 5.10 Å². The predicted molar refractivity (Wildman–Crippen MR) is 107 cm³/mol. The molecule has 1 amide bonds. The lowest BCUT2D eigenvalue weighted by molar-refractivity contribution is -0.116. The van der Waals surface area contributed by atoms with E-state index >= 15 is 0 Å². The van der Waals surface area contributed by atoms with Crippen molar-refractivity contribution in [2.24, 2.45) is 7.05 Å². The molecule has 3 heterocycles. The van der Waals surface area contributed by atoms with Crippen molar-refractivity contribution in [2.45, 2.75) is 12.3 Å². The maximum Gasteiger partial charge on any atom is 0.226 e. The van der Waals surface area contributed by atoms with E-state index in [2.05, 4.69) is 10.4 Å². The van der Waals surface area contributed by atoms with Gasteiger partial charge < -0.3 is 5.32 Å². The first-order valence-electron chi connectivity index (χ1n) is 9.23. The van der Waals surface area contributed by atoms with Gasteiger partial charge in [0.15, 0.2) is 0 Å². The lowest BCUT2D eigenvalue weighted by atomic mass is 9.86. The first kappa shape index (κ1) is 16.5. The Hall–Kier alpha value is -3.67. The number of carbonyl (C=O) groups is 1. The van der Waals surface area contributed by atoms with E-state index < -0.39 is 0 Å². The van der Waals surface area contributed by atoms with Gasteiger partial charge in [0, 0.05) is 42.3 Å². The lowest BCUT2D eigenvalue weighted by Gasteiger charge is -2.23. The summed E-state index contributed by atoms with van der Waals surface area (Å²) in [6, 6.07) is 20.1. The quantitative estimate of drug-likeness (QED) is 0.598. The number of aryl methyl sites for hydroxylation is 1. The van der Waals surface area contributed by atoms with Crippen LogP contribution in [0.3, 0.4) is 0 Å². The van der Waals surface area contributed by atoms with Crippen molar-refractivity contribution in [3.8, 4) is 16.9 Å². The second-order valence-corrected chi connectivity index (χ2v) is 6.96. The van der Waals surface area contributed by atoms with Crippen LogP contribution in [0.4, 0.5) is 5.82 Å². The third-order valence-electron chi connectivity index (χ3n) is 5.18. The monoisotopic (exact) mass is 369 g/mol. The van der Waals surface area contributed by atoms with Gasteiger partial charge >= 0.3 is 0 Å². The molecule has 0 aliphatic carbocycles. The highest BCUT2D eigenvalue weighted by Crippen LogP contribution is 2.40. The highest BCUT2D eigenvalue weighted by Gasteiger charge is 2.32. The van der Waals surface area contributed by atoms with Crippen LogP contribution in [0.5, 0.6) is 0 Å². The topological polar surface area (TPSA) is 64.7 Å². The average Bonchev–Trinajstić information content (AvgIpc) is 3.34. The van der Waals surface area contributed by atoms with Gasteiger partial charge in [-0.05, 0) is 12.1 Å². The van der Waals surface area contributed by atoms with Crippen molar-refractivity contribution >= 4 is 11.7 Å². The minimum absolute atomic E-state index is 0.00688. The number of aromatic nitrogens is 4. The third kappa shape index (κ3) is 2.70. The zero-order chi connectivity index (χ0) is 19.1. The molecular formula is C22H19N5O. The van der Waals surface area contributed by atoms with E-state index in [9.17, 15) is 4.79 Å². The second-order valence-electron chi connectivity index (χ2n) is 6.96. The van der Waals surface area contributed by atoms with Crippen molar-refractivity contribution in [3.63, 3.8) is 0 Å².